The molecule has 0 bridgehead atoms. The highest BCUT2D eigenvalue weighted by Crippen LogP contribution is 2.23. The van der Waals surface area contributed by atoms with Crippen molar-refractivity contribution in [3.63, 3.8) is 0 Å². The monoisotopic (exact) mass is 285 g/mol. The third kappa shape index (κ3) is 3.12. The number of aromatic nitrogens is 1. The fraction of sp³-hybridized carbons (Fsp3) is 0. The molecule has 7 heteroatoms. The number of rotatable bonds is 3. The zero-order valence-corrected chi connectivity index (χ0v) is 10.5. The summed E-state index contributed by atoms with van der Waals surface area (Å²) in [6.45, 7) is 0. The molecule has 0 unspecified atom stereocenters. The van der Waals surface area contributed by atoms with Crippen LogP contribution < -0.4 is 4.74 Å². The maximum Gasteiger partial charge on any atom is 0.262 e. The van der Waals surface area contributed by atoms with Crippen molar-refractivity contribution >= 4 is 19.7 Å². The second kappa shape index (κ2) is 4.83. The Morgan fingerprint density at radius 1 is 1.11 bits per heavy atom. The van der Waals surface area contributed by atoms with Crippen molar-refractivity contribution in [2.45, 2.75) is 4.90 Å². The molecule has 1 aromatic heterocycles. The Balaban J connectivity index is 2.18. The van der Waals surface area contributed by atoms with Gasteiger partial charge in [0.2, 0.25) is 5.88 Å². The van der Waals surface area contributed by atoms with Gasteiger partial charge in [-0.2, -0.15) is 0 Å². The van der Waals surface area contributed by atoms with Crippen molar-refractivity contribution in [2.75, 3.05) is 0 Å². The summed E-state index contributed by atoms with van der Waals surface area (Å²) in [6, 6.07) is 8.74. The number of pyridine rings is 1. The quantitative estimate of drug-likeness (QED) is 0.877. The molecule has 1 heterocycles. The van der Waals surface area contributed by atoms with Gasteiger partial charge in [0.1, 0.15) is 16.4 Å². The molecule has 0 aliphatic rings. The van der Waals surface area contributed by atoms with Gasteiger partial charge in [-0.15, -0.1) is 0 Å². The van der Waals surface area contributed by atoms with Crippen LogP contribution in [0.3, 0.4) is 0 Å². The summed E-state index contributed by atoms with van der Waals surface area (Å²) >= 11 is 0. The van der Waals surface area contributed by atoms with Crippen LogP contribution in [0.15, 0.2) is 47.5 Å². The lowest BCUT2D eigenvalue weighted by atomic mass is 10.3. The van der Waals surface area contributed by atoms with E-state index in [4.69, 9.17) is 20.5 Å². The fourth-order valence-electron chi connectivity index (χ4n) is 1.21. The van der Waals surface area contributed by atoms with Crippen LogP contribution in [0.1, 0.15) is 0 Å². The van der Waals surface area contributed by atoms with E-state index in [9.17, 15) is 8.42 Å². The van der Waals surface area contributed by atoms with Gasteiger partial charge >= 0.3 is 0 Å². The number of phenols is 1. The van der Waals surface area contributed by atoms with E-state index in [0.29, 0.717) is 5.75 Å². The number of ether oxygens (including phenoxy) is 1. The highest BCUT2D eigenvalue weighted by atomic mass is 35.7. The zero-order chi connectivity index (χ0) is 13.2. The molecular weight excluding hydrogens is 278 g/mol. The van der Waals surface area contributed by atoms with Gasteiger partial charge in [0.25, 0.3) is 9.05 Å². The number of halogens is 1. The van der Waals surface area contributed by atoms with E-state index >= 15 is 0 Å². The van der Waals surface area contributed by atoms with Crippen LogP contribution in [-0.2, 0) is 9.05 Å². The molecule has 0 saturated carbocycles. The minimum absolute atomic E-state index is 0.0952. The Morgan fingerprint density at radius 3 is 2.28 bits per heavy atom. The number of phenolic OH excluding ortho intramolecular Hbond substituents is 1. The van der Waals surface area contributed by atoms with Gasteiger partial charge in [-0.05, 0) is 30.3 Å². The summed E-state index contributed by atoms with van der Waals surface area (Å²) in [7, 11) is 1.38. The molecule has 1 aromatic carbocycles. The second-order valence-electron chi connectivity index (χ2n) is 3.37. The van der Waals surface area contributed by atoms with E-state index in [1.807, 2.05) is 0 Å². The topological polar surface area (TPSA) is 76.5 Å². The number of hydrogen-bond donors (Lipinski definition) is 1. The number of aromatic hydroxyl groups is 1. The van der Waals surface area contributed by atoms with Gasteiger partial charge < -0.3 is 9.84 Å². The molecule has 0 radical (unpaired) electrons. The Morgan fingerprint density at radius 2 is 1.78 bits per heavy atom. The average Bonchev–Trinajstić information content (AvgIpc) is 2.32. The van der Waals surface area contributed by atoms with Crippen LogP contribution in [0.5, 0.6) is 17.4 Å². The summed E-state index contributed by atoms with van der Waals surface area (Å²) in [5, 5.41) is 9.10. The standard InChI is InChI=1S/C11H8ClNO4S/c12-18(15,16)10-5-6-11(13-7-10)17-9-3-1-8(14)2-4-9/h1-7,14H. The molecule has 0 aliphatic carbocycles. The fourth-order valence-corrected chi connectivity index (χ4v) is 1.89. The summed E-state index contributed by atoms with van der Waals surface area (Å²) in [5.41, 5.74) is 0. The molecule has 5 nitrogen and oxygen atoms in total. The van der Waals surface area contributed by atoms with E-state index in [1.54, 1.807) is 12.1 Å². The lowest BCUT2D eigenvalue weighted by Crippen LogP contribution is -1.93. The van der Waals surface area contributed by atoms with Gasteiger partial charge in [-0.25, -0.2) is 13.4 Å². The smallest absolute Gasteiger partial charge is 0.262 e. The normalized spacial score (nSPS) is 11.2. The molecule has 2 rings (SSSR count). The number of benzene rings is 1. The number of hydrogen-bond acceptors (Lipinski definition) is 5. The van der Waals surface area contributed by atoms with E-state index in [-0.39, 0.29) is 16.5 Å². The van der Waals surface area contributed by atoms with Crippen molar-refractivity contribution in [2.24, 2.45) is 0 Å². The molecule has 1 N–H and O–H groups in total. The first-order chi connectivity index (χ1) is 8.45. The summed E-state index contributed by atoms with van der Waals surface area (Å²) in [5.74, 6) is 0.824. The van der Waals surface area contributed by atoms with E-state index in [1.165, 1.54) is 24.3 Å². The highest BCUT2D eigenvalue weighted by molar-refractivity contribution is 8.13. The van der Waals surface area contributed by atoms with Gasteiger partial charge in [-0.3, -0.25) is 0 Å². The highest BCUT2D eigenvalue weighted by Gasteiger charge is 2.10. The molecule has 0 amide bonds. The van der Waals surface area contributed by atoms with Crippen molar-refractivity contribution < 1.29 is 18.3 Å². The van der Waals surface area contributed by atoms with Gasteiger partial charge in [0, 0.05) is 16.7 Å². The van der Waals surface area contributed by atoms with Crippen LogP contribution >= 0.6 is 10.7 Å². The van der Waals surface area contributed by atoms with Crippen molar-refractivity contribution in [1.82, 2.24) is 4.98 Å². The second-order valence-corrected chi connectivity index (χ2v) is 5.93. The predicted molar refractivity (Wildman–Crippen MR) is 65.5 cm³/mol. The van der Waals surface area contributed by atoms with E-state index < -0.39 is 9.05 Å². The molecule has 0 atom stereocenters. The summed E-state index contributed by atoms with van der Waals surface area (Å²) < 4.78 is 27.3. The first kappa shape index (κ1) is 12.7. The van der Waals surface area contributed by atoms with Crippen LogP contribution in [0.2, 0.25) is 0 Å². The maximum atomic E-state index is 11.0. The van der Waals surface area contributed by atoms with Crippen molar-refractivity contribution in [3.8, 4) is 17.4 Å². The van der Waals surface area contributed by atoms with Crippen molar-refractivity contribution in [3.05, 3.63) is 42.6 Å². The van der Waals surface area contributed by atoms with Crippen LogP contribution in [0.25, 0.3) is 0 Å². The van der Waals surface area contributed by atoms with Crippen LogP contribution in [0, 0.1) is 0 Å². The predicted octanol–water partition coefficient (Wildman–Crippen LogP) is 2.51. The minimum atomic E-state index is -3.78. The average molecular weight is 286 g/mol. The molecule has 0 fully saturated rings. The maximum absolute atomic E-state index is 11.0. The largest absolute Gasteiger partial charge is 0.508 e. The lowest BCUT2D eigenvalue weighted by molar-refractivity contribution is 0.453. The Kier molecular flexibility index (Phi) is 3.40. The molecule has 94 valence electrons. The first-order valence-corrected chi connectivity index (χ1v) is 7.14. The Bertz CT molecular complexity index is 638. The molecule has 2 aromatic rings. The van der Waals surface area contributed by atoms with Crippen LogP contribution in [-0.4, -0.2) is 18.5 Å². The van der Waals surface area contributed by atoms with E-state index in [2.05, 4.69) is 4.98 Å². The van der Waals surface area contributed by atoms with Crippen LogP contribution in [0.4, 0.5) is 0 Å². The molecule has 18 heavy (non-hydrogen) atoms. The van der Waals surface area contributed by atoms with Gasteiger partial charge in [-0.1, -0.05) is 0 Å². The third-order valence-electron chi connectivity index (χ3n) is 2.05. The minimum Gasteiger partial charge on any atom is -0.508 e. The van der Waals surface area contributed by atoms with Gasteiger partial charge in [0.05, 0.1) is 6.20 Å². The van der Waals surface area contributed by atoms with E-state index in [0.717, 1.165) is 6.20 Å². The summed E-state index contributed by atoms with van der Waals surface area (Å²) in [6.07, 6.45) is 1.11. The molecule has 0 saturated heterocycles. The van der Waals surface area contributed by atoms with Gasteiger partial charge in [0.15, 0.2) is 0 Å². The SMILES string of the molecule is O=S(=O)(Cl)c1ccc(Oc2ccc(O)cc2)nc1. The Labute approximate surface area is 108 Å². The summed E-state index contributed by atoms with van der Waals surface area (Å²) in [4.78, 5) is 3.72. The first-order valence-electron chi connectivity index (χ1n) is 4.83. The third-order valence-corrected chi connectivity index (χ3v) is 3.39. The molecule has 0 aliphatic heterocycles. The molecular formula is C11H8ClNO4S. The zero-order valence-electron chi connectivity index (χ0n) is 8.95. The lowest BCUT2D eigenvalue weighted by Gasteiger charge is -2.04. The van der Waals surface area contributed by atoms with Crippen molar-refractivity contribution in [1.29, 1.82) is 0 Å². The molecule has 0 spiro atoms. The Hall–Kier alpha value is -1.79. The number of nitrogens with zero attached hydrogens (tertiary/aromatic N) is 1.